The zero-order chi connectivity index (χ0) is 16.5. The van der Waals surface area contributed by atoms with E-state index in [-0.39, 0.29) is 17.8 Å². The van der Waals surface area contributed by atoms with Crippen LogP contribution < -0.4 is 4.90 Å². The molecule has 0 bridgehead atoms. The van der Waals surface area contributed by atoms with Crippen LogP contribution in [-0.2, 0) is 11.2 Å². The molecule has 24 heavy (non-hydrogen) atoms. The molecule has 0 saturated carbocycles. The minimum Gasteiger partial charge on any atom is -0.311 e. The van der Waals surface area contributed by atoms with E-state index < -0.39 is 0 Å². The molecule has 4 heteroatoms. The van der Waals surface area contributed by atoms with E-state index >= 15 is 0 Å². The number of rotatable bonds is 3. The minimum absolute atomic E-state index is 0.161. The van der Waals surface area contributed by atoms with Gasteiger partial charge in [0.05, 0.1) is 6.54 Å². The number of amides is 1. The molecule has 0 aromatic heterocycles. The molecule has 4 rings (SSSR count). The number of carbonyl (C=O) groups is 1. The Labute approximate surface area is 141 Å². The molecule has 2 heterocycles. The summed E-state index contributed by atoms with van der Waals surface area (Å²) in [6, 6.07) is 15.0. The second-order valence-corrected chi connectivity index (χ2v) is 6.60. The van der Waals surface area contributed by atoms with Crippen LogP contribution in [0.5, 0.6) is 0 Å². The highest BCUT2D eigenvalue weighted by Crippen LogP contribution is 2.33. The molecule has 0 spiro atoms. The predicted octanol–water partition coefficient (Wildman–Crippen LogP) is 3.55. The monoisotopic (exact) mass is 324 g/mol. The Morgan fingerprint density at radius 1 is 1.08 bits per heavy atom. The second kappa shape index (κ2) is 6.36. The number of fused-ring (bicyclic) bond motifs is 1. The van der Waals surface area contributed by atoms with Gasteiger partial charge in [0.15, 0.2) is 0 Å². The molecule has 1 atom stereocenters. The van der Waals surface area contributed by atoms with E-state index in [2.05, 4.69) is 11.0 Å². The van der Waals surface area contributed by atoms with Crippen LogP contribution in [-0.4, -0.2) is 30.4 Å². The fourth-order valence-corrected chi connectivity index (χ4v) is 3.93. The number of nitrogens with zero attached hydrogens (tertiary/aromatic N) is 2. The SMILES string of the molecule is O=C(CN1CCCC1c1ccc(F)cc1)N1CCc2ccccc21. The van der Waals surface area contributed by atoms with Gasteiger partial charge in [-0.3, -0.25) is 9.69 Å². The van der Waals surface area contributed by atoms with Crippen molar-refractivity contribution in [2.24, 2.45) is 0 Å². The quantitative estimate of drug-likeness (QED) is 0.862. The molecule has 1 amide bonds. The molecule has 1 saturated heterocycles. The molecular formula is C20H21FN2O. The van der Waals surface area contributed by atoms with Crippen LogP contribution >= 0.6 is 0 Å². The van der Waals surface area contributed by atoms with Crippen LogP contribution in [0.2, 0.25) is 0 Å². The normalized spacial score (nSPS) is 20.4. The van der Waals surface area contributed by atoms with E-state index in [1.807, 2.05) is 35.2 Å². The van der Waals surface area contributed by atoms with E-state index in [0.717, 1.165) is 43.6 Å². The first-order chi connectivity index (χ1) is 11.7. The number of anilines is 1. The average Bonchev–Trinajstić information content (AvgIpc) is 3.22. The molecule has 2 aliphatic heterocycles. The van der Waals surface area contributed by atoms with E-state index in [9.17, 15) is 9.18 Å². The van der Waals surface area contributed by atoms with Crippen molar-refractivity contribution in [2.75, 3.05) is 24.5 Å². The first-order valence-corrected chi connectivity index (χ1v) is 8.60. The van der Waals surface area contributed by atoms with Crippen LogP contribution in [0.15, 0.2) is 48.5 Å². The molecule has 0 radical (unpaired) electrons. The van der Waals surface area contributed by atoms with Gasteiger partial charge in [-0.05, 0) is 55.1 Å². The zero-order valence-electron chi connectivity index (χ0n) is 13.6. The van der Waals surface area contributed by atoms with Gasteiger partial charge < -0.3 is 4.90 Å². The van der Waals surface area contributed by atoms with Crippen LogP contribution in [0.25, 0.3) is 0 Å². The summed E-state index contributed by atoms with van der Waals surface area (Å²) >= 11 is 0. The van der Waals surface area contributed by atoms with Gasteiger partial charge in [0, 0.05) is 18.3 Å². The summed E-state index contributed by atoms with van der Waals surface area (Å²) in [4.78, 5) is 17.0. The molecule has 3 nitrogen and oxygen atoms in total. The summed E-state index contributed by atoms with van der Waals surface area (Å²) in [6.07, 6.45) is 3.03. The Hall–Kier alpha value is -2.20. The Morgan fingerprint density at radius 3 is 2.71 bits per heavy atom. The van der Waals surface area contributed by atoms with Gasteiger partial charge >= 0.3 is 0 Å². The largest absolute Gasteiger partial charge is 0.311 e. The van der Waals surface area contributed by atoms with Crippen LogP contribution in [0.4, 0.5) is 10.1 Å². The summed E-state index contributed by atoms with van der Waals surface area (Å²) < 4.78 is 13.2. The van der Waals surface area contributed by atoms with Crippen LogP contribution in [0.3, 0.4) is 0 Å². The lowest BCUT2D eigenvalue weighted by atomic mass is 10.0. The predicted molar refractivity (Wildman–Crippen MR) is 92.4 cm³/mol. The maximum atomic E-state index is 13.2. The topological polar surface area (TPSA) is 23.6 Å². The first-order valence-electron chi connectivity index (χ1n) is 8.60. The molecule has 124 valence electrons. The highest BCUT2D eigenvalue weighted by Gasteiger charge is 2.31. The van der Waals surface area contributed by atoms with Gasteiger partial charge in [-0.2, -0.15) is 0 Å². The summed E-state index contributed by atoms with van der Waals surface area (Å²) in [5.41, 5.74) is 3.41. The highest BCUT2D eigenvalue weighted by molar-refractivity contribution is 5.96. The molecule has 0 N–H and O–H groups in total. The number of para-hydroxylation sites is 1. The van der Waals surface area contributed by atoms with Crippen molar-refractivity contribution in [3.63, 3.8) is 0 Å². The molecular weight excluding hydrogens is 303 g/mol. The van der Waals surface area contributed by atoms with Crippen molar-refractivity contribution < 1.29 is 9.18 Å². The maximum Gasteiger partial charge on any atom is 0.241 e. The lowest BCUT2D eigenvalue weighted by Crippen LogP contribution is -2.39. The Morgan fingerprint density at radius 2 is 1.88 bits per heavy atom. The van der Waals surface area contributed by atoms with Crippen LogP contribution in [0.1, 0.15) is 30.0 Å². The smallest absolute Gasteiger partial charge is 0.241 e. The Balaban J connectivity index is 1.48. The Bertz CT molecular complexity index is 744. The maximum absolute atomic E-state index is 13.2. The number of likely N-dealkylation sites (tertiary alicyclic amines) is 1. The zero-order valence-corrected chi connectivity index (χ0v) is 13.6. The van der Waals surface area contributed by atoms with E-state index in [1.165, 1.54) is 17.7 Å². The summed E-state index contributed by atoms with van der Waals surface area (Å²) in [6.45, 7) is 2.12. The third-order valence-corrected chi connectivity index (χ3v) is 5.15. The minimum atomic E-state index is -0.215. The van der Waals surface area contributed by atoms with Crippen molar-refractivity contribution in [3.05, 3.63) is 65.5 Å². The number of halogens is 1. The van der Waals surface area contributed by atoms with Gasteiger partial charge in [0.25, 0.3) is 0 Å². The molecule has 2 aromatic rings. The highest BCUT2D eigenvalue weighted by atomic mass is 19.1. The van der Waals surface area contributed by atoms with Gasteiger partial charge in [-0.1, -0.05) is 30.3 Å². The van der Waals surface area contributed by atoms with Gasteiger partial charge in [-0.25, -0.2) is 4.39 Å². The average molecular weight is 324 g/mol. The van der Waals surface area contributed by atoms with E-state index in [0.29, 0.717) is 6.54 Å². The standard InChI is InChI=1S/C20H21FN2O/c21-17-9-7-16(8-10-17)18-6-3-12-22(18)14-20(24)23-13-11-15-4-1-2-5-19(15)23/h1-2,4-5,7-10,18H,3,6,11-14H2. The number of benzene rings is 2. The van der Waals surface area contributed by atoms with Crippen LogP contribution in [0, 0.1) is 5.82 Å². The third-order valence-electron chi connectivity index (χ3n) is 5.15. The molecule has 2 aliphatic rings. The van der Waals surface area contributed by atoms with Gasteiger partial charge in [-0.15, -0.1) is 0 Å². The number of carbonyl (C=O) groups excluding carboxylic acids is 1. The summed E-state index contributed by atoms with van der Waals surface area (Å²) in [5, 5.41) is 0. The summed E-state index contributed by atoms with van der Waals surface area (Å²) in [7, 11) is 0. The molecule has 0 aliphatic carbocycles. The van der Waals surface area contributed by atoms with E-state index in [4.69, 9.17) is 0 Å². The number of hydrogen-bond donors (Lipinski definition) is 0. The summed E-state index contributed by atoms with van der Waals surface area (Å²) in [5.74, 6) is -0.0537. The third kappa shape index (κ3) is 2.82. The Kier molecular flexibility index (Phi) is 4.07. The molecule has 1 fully saturated rings. The lowest BCUT2D eigenvalue weighted by molar-refractivity contribution is -0.119. The van der Waals surface area contributed by atoms with Gasteiger partial charge in [0.1, 0.15) is 5.82 Å². The van der Waals surface area contributed by atoms with Crippen molar-refractivity contribution in [2.45, 2.75) is 25.3 Å². The number of hydrogen-bond acceptors (Lipinski definition) is 2. The van der Waals surface area contributed by atoms with E-state index in [1.54, 1.807) is 0 Å². The second-order valence-electron chi connectivity index (χ2n) is 6.60. The fourth-order valence-electron chi connectivity index (χ4n) is 3.93. The van der Waals surface area contributed by atoms with Crippen molar-refractivity contribution in [3.8, 4) is 0 Å². The first kappa shape index (κ1) is 15.3. The molecule has 2 aromatic carbocycles. The molecule has 1 unspecified atom stereocenters. The lowest BCUT2D eigenvalue weighted by Gasteiger charge is -2.27. The van der Waals surface area contributed by atoms with Gasteiger partial charge in [0.2, 0.25) is 5.91 Å². The van der Waals surface area contributed by atoms with Crippen molar-refractivity contribution in [1.29, 1.82) is 0 Å². The van der Waals surface area contributed by atoms with Crippen molar-refractivity contribution >= 4 is 11.6 Å². The van der Waals surface area contributed by atoms with Crippen molar-refractivity contribution in [1.82, 2.24) is 4.90 Å². The fraction of sp³-hybridized carbons (Fsp3) is 0.350.